The molecule has 0 saturated carbocycles. The highest BCUT2D eigenvalue weighted by Crippen LogP contribution is 2.33. The molecule has 0 N–H and O–H groups in total. The molecular formula is C14H27NOS. The average molecular weight is 257 g/mol. The highest BCUT2D eigenvalue weighted by molar-refractivity contribution is 7.93. The quantitative estimate of drug-likeness (QED) is 0.606. The summed E-state index contributed by atoms with van der Waals surface area (Å²) in [5.74, 6) is 1.33. The zero-order valence-corrected chi connectivity index (χ0v) is 13.1. The van der Waals surface area contributed by atoms with E-state index in [1.54, 1.807) is 0 Å². The highest BCUT2D eigenvalue weighted by Gasteiger charge is 2.33. The Labute approximate surface area is 107 Å². The Morgan fingerprint density at radius 1 is 1.00 bits per heavy atom. The Morgan fingerprint density at radius 3 is 1.65 bits per heavy atom. The van der Waals surface area contributed by atoms with Crippen LogP contribution in [0.2, 0.25) is 0 Å². The van der Waals surface area contributed by atoms with Crippen LogP contribution in [0, 0.1) is 10.8 Å². The Hall–Kier alpha value is -0.310. The zero-order chi connectivity index (χ0) is 13.5. The molecule has 0 bridgehead atoms. The second-order valence-corrected chi connectivity index (χ2v) is 9.94. The molecule has 0 amide bonds. The van der Waals surface area contributed by atoms with E-state index in [1.807, 2.05) is 20.8 Å². The lowest BCUT2D eigenvalue weighted by molar-refractivity contribution is 0.531. The topological polar surface area (TPSA) is 29.4 Å². The normalized spacial score (nSPS) is 26.3. The second-order valence-electron chi connectivity index (χ2n) is 7.63. The number of hydrogen-bond donors (Lipinski definition) is 0. The van der Waals surface area contributed by atoms with E-state index in [2.05, 4.69) is 44.2 Å². The van der Waals surface area contributed by atoms with Crippen molar-refractivity contribution in [3.63, 3.8) is 0 Å². The summed E-state index contributed by atoms with van der Waals surface area (Å²) in [6.07, 6.45) is 4.41. The van der Waals surface area contributed by atoms with Crippen LogP contribution in [0.15, 0.2) is 16.5 Å². The van der Waals surface area contributed by atoms with Crippen LogP contribution in [0.3, 0.4) is 0 Å². The minimum atomic E-state index is -2.14. The predicted octanol–water partition coefficient (Wildman–Crippen LogP) is 3.88. The number of hydrogen-bond acceptors (Lipinski definition) is 2. The van der Waals surface area contributed by atoms with Crippen molar-refractivity contribution < 1.29 is 4.21 Å². The third-order valence-electron chi connectivity index (χ3n) is 2.62. The third-order valence-corrected chi connectivity index (χ3v) is 5.89. The van der Waals surface area contributed by atoms with Crippen LogP contribution in [0.4, 0.5) is 0 Å². The van der Waals surface area contributed by atoms with E-state index < -0.39 is 9.73 Å². The molecular weight excluding hydrogens is 230 g/mol. The van der Waals surface area contributed by atoms with Gasteiger partial charge in [-0.05, 0) is 31.6 Å². The molecule has 0 aromatic rings. The molecule has 0 aliphatic carbocycles. The van der Waals surface area contributed by atoms with Gasteiger partial charge >= 0.3 is 0 Å². The molecule has 0 saturated heterocycles. The Kier molecular flexibility index (Phi) is 3.57. The van der Waals surface area contributed by atoms with E-state index in [0.717, 1.165) is 0 Å². The van der Waals surface area contributed by atoms with Gasteiger partial charge in [0, 0.05) is 21.2 Å². The van der Waals surface area contributed by atoms with Crippen molar-refractivity contribution in [2.45, 2.75) is 54.0 Å². The summed E-state index contributed by atoms with van der Waals surface area (Å²) >= 11 is 0. The maximum absolute atomic E-state index is 13.1. The molecule has 0 radical (unpaired) electrons. The molecule has 0 unspecified atom stereocenters. The molecule has 0 spiro atoms. The summed E-state index contributed by atoms with van der Waals surface area (Å²) in [4.78, 5) is 0. The molecule has 0 aromatic carbocycles. The second kappa shape index (κ2) is 4.11. The van der Waals surface area contributed by atoms with Gasteiger partial charge in [0.2, 0.25) is 0 Å². The van der Waals surface area contributed by atoms with Crippen molar-refractivity contribution in [1.29, 1.82) is 0 Å². The van der Waals surface area contributed by atoms with Crippen molar-refractivity contribution in [2.75, 3.05) is 11.5 Å². The van der Waals surface area contributed by atoms with Crippen molar-refractivity contribution in [2.24, 2.45) is 15.2 Å². The largest absolute Gasteiger partial charge is 0.250 e. The molecule has 0 aromatic heterocycles. The monoisotopic (exact) mass is 257 g/mol. The van der Waals surface area contributed by atoms with E-state index >= 15 is 0 Å². The molecule has 0 atom stereocenters. The van der Waals surface area contributed by atoms with Crippen molar-refractivity contribution in [3.8, 4) is 0 Å². The van der Waals surface area contributed by atoms with Crippen LogP contribution in [0.1, 0.15) is 48.5 Å². The number of nitrogens with zero attached hydrogens (tertiary/aromatic N) is 1. The Balaban J connectivity index is 3.28. The van der Waals surface area contributed by atoms with Gasteiger partial charge in [-0.2, -0.15) is 0 Å². The van der Waals surface area contributed by atoms with Gasteiger partial charge in [-0.1, -0.05) is 39.8 Å². The maximum Gasteiger partial charge on any atom is 0.0618 e. The van der Waals surface area contributed by atoms with Crippen LogP contribution >= 0.6 is 0 Å². The SMILES string of the molecule is CC1(C)C=CC(C)(C)CS(=O)(=NC(C)(C)C)C1. The average Bonchev–Trinajstić information content (AvgIpc) is 1.99. The lowest BCUT2D eigenvalue weighted by Crippen LogP contribution is -2.29. The van der Waals surface area contributed by atoms with Gasteiger partial charge in [0.15, 0.2) is 0 Å². The van der Waals surface area contributed by atoms with Gasteiger partial charge < -0.3 is 0 Å². The van der Waals surface area contributed by atoms with E-state index in [9.17, 15) is 4.21 Å². The first-order valence-electron chi connectivity index (χ1n) is 6.27. The first-order valence-corrected chi connectivity index (χ1v) is 8.12. The van der Waals surface area contributed by atoms with Gasteiger partial charge in [-0.3, -0.25) is 0 Å². The van der Waals surface area contributed by atoms with Gasteiger partial charge in [0.1, 0.15) is 0 Å². The minimum absolute atomic E-state index is 0.0282. The molecule has 1 aliphatic rings. The third kappa shape index (κ3) is 4.82. The Morgan fingerprint density at radius 2 is 1.35 bits per heavy atom. The van der Waals surface area contributed by atoms with Crippen molar-refractivity contribution >= 4 is 9.73 Å². The molecule has 1 aliphatic heterocycles. The standard InChI is InChI=1S/C14H27NOS/c1-12(2,3)15-17(16)10-13(4,5)8-9-14(6,7)11-17/h8-9H,10-11H2,1-7H3. The van der Waals surface area contributed by atoms with Crippen LogP contribution in [0.25, 0.3) is 0 Å². The first kappa shape index (κ1) is 14.7. The summed E-state index contributed by atoms with van der Waals surface area (Å²) in [6.45, 7) is 14.6. The fraction of sp³-hybridized carbons (Fsp3) is 0.857. The summed E-state index contributed by atoms with van der Waals surface area (Å²) in [5.41, 5.74) is -0.285. The number of allylic oxidation sites excluding steroid dienone is 2. The smallest absolute Gasteiger partial charge is 0.0618 e. The molecule has 17 heavy (non-hydrogen) atoms. The van der Waals surface area contributed by atoms with Crippen molar-refractivity contribution in [1.82, 2.24) is 0 Å². The minimum Gasteiger partial charge on any atom is -0.250 e. The zero-order valence-electron chi connectivity index (χ0n) is 12.3. The fourth-order valence-corrected chi connectivity index (χ4v) is 6.07. The molecule has 1 rings (SSSR count). The molecule has 0 fully saturated rings. The summed E-state index contributed by atoms with van der Waals surface area (Å²) in [6, 6.07) is 0. The van der Waals surface area contributed by atoms with Crippen molar-refractivity contribution in [3.05, 3.63) is 12.2 Å². The maximum atomic E-state index is 13.1. The lowest BCUT2D eigenvalue weighted by Gasteiger charge is -2.25. The fourth-order valence-electron chi connectivity index (χ4n) is 2.32. The molecule has 3 heteroatoms. The number of rotatable bonds is 0. The summed E-state index contributed by atoms with van der Waals surface area (Å²) < 4.78 is 17.7. The van der Waals surface area contributed by atoms with E-state index in [4.69, 9.17) is 0 Å². The van der Waals surface area contributed by atoms with Gasteiger partial charge in [0.05, 0.1) is 5.54 Å². The summed E-state index contributed by atoms with van der Waals surface area (Å²) in [7, 11) is -2.14. The van der Waals surface area contributed by atoms with E-state index in [-0.39, 0.29) is 16.4 Å². The van der Waals surface area contributed by atoms with E-state index in [1.165, 1.54) is 0 Å². The van der Waals surface area contributed by atoms with Gasteiger partial charge in [0.25, 0.3) is 0 Å². The van der Waals surface area contributed by atoms with Crippen LogP contribution in [-0.4, -0.2) is 21.3 Å². The predicted molar refractivity (Wildman–Crippen MR) is 76.8 cm³/mol. The van der Waals surface area contributed by atoms with Crippen LogP contribution in [0.5, 0.6) is 0 Å². The Bertz CT molecular complexity index is 404. The molecule has 1 heterocycles. The summed E-state index contributed by atoms with van der Waals surface area (Å²) in [5, 5.41) is 0. The highest BCUT2D eigenvalue weighted by atomic mass is 32.2. The van der Waals surface area contributed by atoms with E-state index in [0.29, 0.717) is 11.5 Å². The van der Waals surface area contributed by atoms with Gasteiger partial charge in [-0.15, -0.1) is 0 Å². The first-order chi connectivity index (χ1) is 7.33. The molecule has 100 valence electrons. The lowest BCUT2D eigenvalue weighted by atomic mass is 9.89. The van der Waals surface area contributed by atoms with Crippen LogP contribution < -0.4 is 0 Å². The van der Waals surface area contributed by atoms with Crippen LogP contribution in [-0.2, 0) is 9.73 Å². The molecule has 2 nitrogen and oxygen atoms in total. The van der Waals surface area contributed by atoms with Gasteiger partial charge in [-0.25, -0.2) is 8.57 Å².